The Morgan fingerprint density at radius 2 is 2.53 bits per heavy atom. The lowest BCUT2D eigenvalue weighted by molar-refractivity contribution is -0.389. The summed E-state index contributed by atoms with van der Waals surface area (Å²) in [5.41, 5.74) is -0.657. The van der Waals surface area contributed by atoms with Crippen molar-refractivity contribution in [2.75, 3.05) is 0 Å². The van der Waals surface area contributed by atoms with Crippen molar-refractivity contribution >= 4 is 11.8 Å². The van der Waals surface area contributed by atoms with Crippen molar-refractivity contribution in [1.82, 2.24) is 9.55 Å². The minimum absolute atomic E-state index is 0.0105. The molecular weight excluding hydrogens is 230 g/mol. The van der Waals surface area contributed by atoms with Crippen LogP contribution in [-0.2, 0) is 11.3 Å². The lowest BCUT2D eigenvalue weighted by Gasteiger charge is -2.20. The zero-order valence-electron chi connectivity index (χ0n) is 9.12. The van der Waals surface area contributed by atoms with Crippen molar-refractivity contribution in [3.05, 3.63) is 16.3 Å². The molecule has 17 heavy (non-hydrogen) atoms. The van der Waals surface area contributed by atoms with E-state index < -0.39 is 16.5 Å². The van der Waals surface area contributed by atoms with Gasteiger partial charge in [0.1, 0.15) is 11.8 Å². The number of ether oxygens (including phenoxy) is 1. The second kappa shape index (κ2) is 3.72. The summed E-state index contributed by atoms with van der Waals surface area (Å²) in [6.07, 6.45) is 1.62. The number of hydrogen-bond acceptors (Lipinski definition) is 5. The number of aliphatic carboxylic acids is 1. The summed E-state index contributed by atoms with van der Waals surface area (Å²) in [6.45, 7) is 2.13. The Balaban J connectivity index is 2.08. The molecule has 1 N–H and O–H groups in total. The quantitative estimate of drug-likeness (QED) is 0.617. The van der Waals surface area contributed by atoms with E-state index >= 15 is 0 Å². The Hall–Kier alpha value is -2.12. The topological polar surface area (TPSA) is 107 Å². The Labute approximate surface area is 96.0 Å². The van der Waals surface area contributed by atoms with Crippen molar-refractivity contribution in [3.8, 4) is 6.01 Å². The van der Waals surface area contributed by atoms with E-state index in [9.17, 15) is 14.9 Å². The van der Waals surface area contributed by atoms with E-state index in [1.54, 1.807) is 6.92 Å². The van der Waals surface area contributed by atoms with Gasteiger partial charge in [0.15, 0.2) is 0 Å². The highest BCUT2D eigenvalue weighted by atomic mass is 16.6. The van der Waals surface area contributed by atoms with E-state index in [1.807, 2.05) is 0 Å². The number of rotatable bonds is 4. The lowest BCUT2D eigenvalue weighted by atomic mass is 10.0. The molecule has 1 aromatic heterocycles. The molecule has 0 aromatic carbocycles. The van der Waals surface area contributed by atoms with Gasteiger partial charge in [0, 0.05) is 11.4 Å². The van der Waals surface area contributed by atoms with Crippen LogP contribution in [0.4, 0.5) is 5.82 Å². The molecule has 0 saturated carbocycles. The molecule has 0 fully saturated rings. The zero-order chi connectivity index (χ0) is 12.6. The largest absolute Gasteiger partial charge is 0.481 e. The fraction of sp³-hybridized carbons (Fsp3) is 0.556. The van der Waals surface area contributed by atoms with Gasteiger partial charge in [0.2, 0.25) is 0 Å². The normalized spacial score (nSPS) is 21.9. The summed E-state index contributed by atoms with van der Waals surface area (Å²) in [5, 5.41) is 19.1. The molecule has 1 aliphatic rings. The molecule has 0 aliphatic carbocycles. The Morgan fingerprint density at radius 3 is 3.06 bits per heavy atom. The summed E-state index contributed by atoms with van der Waals surface area (Å²) in [7, 11) is 0. The fourth-order valence-electron chi connectivity index (χ4n) is 1.78. The number of fused-ring (bicyclic) bond motifs is 1. The van der Waals surface area contributed by atoms with Crippen LogP contribution in [0.25, 0.3) is 0 Å². The lowest BCUT2D eigenvalue weighted by Crippen LogP contribution is -2.32. The first-order valence-electron chi connectivity index (χ1n) is 5.02. The number of imidazole rings is 1. The second-order valence-corrected chi connectivity index (χ2v) is 4.21. The molecule has 0 bridgehead atoms. The van der Waals surface area contributed by atoms with Gasteiger partial charge in [-0.2, -0.15) is 0 Å². The number of carboxylic acid groups (broad SMARTS) is 1. The van der Waals surface area contributed by atoms with Crippen LogP contribution in [0.3, 0.4) is 0 Å². The van der Waals surface area contributed by atoms with Gasteiger partial charge in [0.05, 0.1) is 6.54 Å². The molecule has 1 unspecified atom stereocenters. The zero-order valence-corrected chi connectivity index (χ0v) is 9.12. The maximum absolute atomic E-state index is 10.5. The third-order valence-corrected chi connectivity index (χ3v) is 2.62. The predicted octanol–water partition coefficient (Wildman–Crippen LogP) is 0.807. The van der Waals surface area contributed by atoms with Crippen LogP contribution >= 0.6 is 0 Å². The van der Waals surface area contributed by atoms with Gasteiger partial charge in [-0.15, -0.1) is 0 Å². The third-order valence-electron chi connectivity index (χ3n) is 2.62. The first kappa shape index (κ1) is 11.4. The van der Waals surface area contributed by atoms with Gasteiger partial charge in [-0.1, -0.05) is 0 Å². The maximum Gasteiger partial charge on any atom is 0.414 e. The van der Waals surface area contributed by atoms with Gasteiger partial charge in [0.25, 0.3) is 0 Å². The summed E-state index contributed by atoms with van der Waals surface area (Å²) in [5.74, 6) is -1.16. The first-order chi connectivity index (χ1) is 7.89. The predicted molar refractivity (Wildman–Crippen MR) is 54.8 cm³/mol. The van der Waals surface area contributed by atoms with E-state index in [4.69, 9.17) is 9.84 Å². The Bertz CT molecular complexity index is 457. The SMILES string of the molecule is CC1(CCC(=O)O)Cn2cc([N+](=O)[O-])nc2O1. The number of nitrogens with zero attached hydrogens (tertiary/aromatic N) is 3. The molecule has 1 aromatic rings. The summed E-state index contributed by atoms with van der Waals surface area (Å²) >= 11 is 0. The van der Waals surface area contributed by atoms with Gasteiger partial charge < -0.3 is 20.0 Å². The average Bonchev–Trinajstić information content (AvgIpc) is 2.70. The smallest absolute Gasteiger partial charge is 0.414 e. The van der Waals surface area contributed by atoms with Gasteiger partial charge >= 0.3 is 17.8 Å². The number of hydrogen-bond donors (Lipinski definition) is 1. The first-order valence-corrected chi connectivity index (χ1v) is 5.02. The monoisotopic (exact) mass is 241 g/mol. The second-order valence-electron chi connectivity index (χ2n) is 4.21. The van der Waals surface area contributed by atoms with Crippen LogP contribution in [0.2, 0.25) is 0 Å². The number of carbonyl (C=O) groups is 1. The molecule has 0 amide bonds. The minimum atomic E-state index is -0.898. The highest BCUT2D eigenvalue weighted by Crippen LogP contribution is 2.33. The van der Waals surface area contributed by atoms with Crippen LogP contribution in [0.5, 0.6) is 6.01 Å². The molecule has 92 valence electrons. The molecule has 1 atom stereocenters. The van der Waals surface area contributed by atoms with E-state index in [0.29, 0.717) is 13.0 Å². The maximum atomic E-state index is 10.5. The van der Waals surface area contributed by atoms with Crippen molar-refractivity contribution < 1.29 is 19.6 Å². The van der Waals surface area contributed by atoms with E-state index in [0.717, 1.165) is 0 Å². The van der Waals surface area contributed by atoms with E-state index in [1.165, 1.54) is 10.8 Å². The van der Waals surface area contributed by atoms with Gasteiger partial charge in [-0.25, -0.2) is 0 Å². The minimum Gasteiger partial charge on any atom is -0.481 e. The van der Waals surface area contributed by atoms with Gasteiger partial charge in [-0.3, -0.25) is 9.36 Å². The molecule has 2 heterocycles. The van der Waals surface area contributed by atoms with Crippen LogP contribution < -0.4 is 4.74 Å². The van der Waals surface area contributed by atoms with Gasteiger partial charge in [-0.05, 0) is 18.3 Å². The van der Waals surface area contributed by atoms with Crippen molar-refractivity contribution in [3.63, 3.8) is 0 Å². The summed E-state index contributed by atoms with van der Waals surface area (Å²) < 4.78 is 6.99. The van der Waals surface area contributed by atoms with Crippen LogP contribution in [0.1, 0.15) is 19.8 Å². The molecule has 0 radical (unpaired) electrons. The van der Waals surface area contributed by atoms with Crippen LogP contribution in [0, 0.1) is 10.1 Å². The van der Waals surface area contributed by atoms with Crippen LogP contribution in [-0.4, -0.2) is 31.2 Å². The molecule has 0 saturated heterocycles. The summed E-state index contributed by atoms with van der Waals surface area (Å²) in [6, 6.07) is 0.171. The fourth-order valence-corrected chi connectivity index (χ4v) is 1.78. The molecule has 8 heteroatoms. The molecule has 1 aliphatic heterocycles. The highest BCUT2D eigenvalue weighted by molar-refractivity contribution is 5.66. The summed E-state index contributed by atoms with van der Waals surface area (Å²) in [4.78, 5) is 24.1. The van der Waals surface area contributed by atoms with Crippen LogP contribution in [0.15, 0.2) is 6.20 Å². The molecule has 2 rings (SSSR count). The standard InChI is InChI=1S/C9H11N3O5/c1-9(3-2-7(13)14)5-11-4-6(12(15)16)10-8(11)17-9/h4H,2-3,5H2,1H3,(H,13,14). The van der Waals surface area contributed by atoms with Crippen molar-refractivity contribution in [2.45, 2.75) is 31.9 Å². The Morgan fingerprint density at radius 1 is 1.82 bits per heavy atom. The number of carboxylic acids is 1. The van der Waals surface area contributed by atoms with Crippen molar-refractivity contribution in [1.29, 1.82) is 0 Å². The van der Waals surface area contributed by atoms with E-state index in [-0.39, 0.29) is 18.2 Å². The van der Waals surface area contributed by atoms with E-state index in [2.05, 4.69) is 4.98 Å². The average molecular weight is 241 g/mol. The number of aromatic nitrogens is 2. The third kappa shape index (κ3) is 2.19. The molecule has 8 nitrogen and oxygen atoms in total. The Kier molecular flexibility index (Phi) is 2.49. The highest BCUT2D eigenvalue weighted by Gasteiger charge is 2.40. The molecular formula is C9H11N3O5. The molecule has 0 spiro atoms. The number of nitro groups is 1. The van der Waals surface area contributed by atoms with Crippen molar-refractivity contribution in [2.24, 2.45) is 0 Å².